The van der Waals surface area contributed by atoms with Gasteiger partial charge >= 0.3 is 0 Å². The summed E-state index contributed by atoms with van der Waals surface area (Å²) in [4.78, 5) is 12.1. The van der Waals surface area contributed by atoms with E-state index in [2.05, 4.69) is 20.8 Å². The van der Waals surface area contributed by atoms with Crippen LogP contribution in [0.25, 0.3) is 22.0 Å². The van der Waals surface area contributed by atoms with Gasteiger partial charge < -0.3 is 24.8 Å². The summed E-state index contributed by atoms with van der Waals surface area (Å²) in [7, 11) is 3.26. The van der Waals surface area contributed by atoms with E-state index >= 15 is 0 Å². The maximum Gasteiger partial charge on any atom is 0.258 e. The summed E-state index contributed by atoms with van der Waals surface area (Å²) in [6.45, 7) is 4.24. The van der Waals surface area contributed by atoms with E-state index in [-0.39, 0.29) is 18.6 Å². The quantitative estimate of drug-likeness (QED) is 0.286. The Balaban J connectivity index is 1.59. The molecule has 2 N–H and O–H groups in total. The van der Waals surface area contributed by atoms with Crippen LogP contribution in [0.2, 0.25) is 5.02 Å². The van der Waals surface area contributed by atoms with Crippen molar-refractivity contribution in [2.24, 2.45) is 0 Å². The van der Waals surface area contributed by atoms with Crippen molar-refractivity contribution in [1.29, 1.82) is 0 Å². The molecule has 0 bridgehead atoms. The molecule has 0 spiro atoms. The van der Waals surface area contributed by atoms with Crippen LogP contribution < -0.4 is 24.8 Å². The van der Waals surface area contributed by atoms with E-state index in [1.165, 1.54) is 0 Å². The van der Waals surface area contributed by atoms with Crippen LogP contribution in [0.15, 0.2) is 60.8 Å². The molecule has 0 radical (unpaired) electrons. The number of anilines is 1. The molecule has 0 atom stereocenters. The van der Waals surface area contributed by atoms with E-state index in [1.807, 2.05) is 56.3 Å². The average molecular weight is 521 g/mol. The van der Waals surface area contributed by atoms with Gasteiger partial charge in [0, 0.05) is 40.2 Å². The number of carbonyl (C=O) groups is 1. The van der Waals surface area contributed by atoms with Crippen molar-refractivity contribution in [2.45, 2.75) is 26.4 Å². The highest BCUT2D eigenvalue weighted by Gasteiger charge is 2.13. The molecule has 9 heteroatoms. The van der Waals surface area contributed by atoms with Crippen LogP contribution in [0.4, 0.5) is 5.69 Å². The molecule has 8 nitrogen and oxygen atoms in total. The van der Waals surface area contributed by atoms with Gasteiger partial charge in [-0.15, -0.1) is 0 Å². The fourth-order valence-corrected chi connectivity index (χ4v) is 4.09. The van der Waals surface area contributed by atoms with Gasteiger partial charge in [0.15, 0.2) is 6.61 Å². The van der Waals surface area contributed by atoms with Crippen molar-refractivity contribution in [3.63, 3.8) is 0 Å². The monoisotopic (exact) mass is 520 g/mol. The van der Waals surface area contributed by atoms with E-state index in [0.29, 0.717) is 22.8 Å². The summed E-state index contributed by atoms with van der Waals surface area (Å²) in [6, 6.07) is 16.9. The number of fused-ring (bicyclic) bond motifs is 1. The Kier molecular flexibility index (Phi) is 8.30. The summed E-state index contributed by atoms with van der Waals surface area (Å²) in [5, 5.41) is 16.2. The minimum atomic E-state index is -0.190. The molecule has 0 fully saturated rings. The van der Waals surface area contributed by atoms with Crippen molar-refractivity contribution < 1.29 is 19.0 Å². The van der Waals surface area contributed by atoms with Crippen LogP contribution in [0, 0.1) is 0 Å². The zero-order chi connectivity index (χ0) is 26.4. The predicted octanol–water partition coefficient (Wildman–Crippen LogP) is 5.48. The maximum atomic E-state index is 12.1. The number of carbonyl (C=O) groups excluding carboxylic acids is 1. The first-order valence-corrected chi connectivity index (χ1v) is 12.2. The Morgan fingerprint density at radius 2 is 1.84 bits per heavy atom. The van der Waals surface area contributed by atoms with Gasteiger partial charge in [0.25, 0.3) is 5.91 Å². The van der Waals surface area contributed by atoms with Gasteiger partial charge in [-0.2, -0.15) is 10.2 Å². The lowest BCUT2D eigenvalue weighted by Crippen LogP contribution is -2.34. The number of methoxy groups -OCH3 is 2. The standard InChI is InChI=1S/C28H29ClN4O4/c1-17(2)32-28(34)16-37-26-10-7-20(29)12-23(26)18-6-9-22-24(11-18)33-31-15-25(22)30-14-19-5-8-21(35-3)13-27(19)36-4/h5-13,15,17H,14,16H2,1-4H3,(H,30,33)(H,32,34). The minimum Gasteiger partial charge on any atom is -0.497 e. The van der Waals surface area contributed by atoms with Crippen LogP contribution in [0.3, 0.4) is 0 Å². The molecule has 0 aliphatic carbocycles. The fraction of sp³-hybridized carbons (Fsp3) is 0.250. The Morgan fingerprint density at radius 1 is 1.00 bits per heavy atom. The van der Waals surface area contributed by atoms with Crippen molar-refractivity contribution in [1.82, 2.24) is 15.5 Å². The number of aromatic nitrogens is 2. The van der Waals surface area contributed by atoms with Crippen LogP contribution >= 0.6 is 11.6 Å². The van der Waals surface area contributed by atoms with Crippen molar-refractivity contribution in [3.05, 3.63) is 71.4 Å². The highest BCUT2D eigenvalue weighted by Crippen LogP contribution is 2.35. The second kappa shape index (κ2) is 11.8. The number of hydrogen-bond acceptors (Lipinski definition) is 7. The van der Waals surface area contributed by atoms with Crippen molar-refractivity contribution >= 4 is 34.1 Å². The third-order valence-electron chi connectivity index (χ3n) is 5.66. The molecule has 3 aromatic carbocycles. The lowest BCUT2D eigenvalue weighted by atomic mass is 10.0. The first-order chi connectivity index (χ1) is 17.9. The summed E-state index contributed by atoms with van der Waals surface area (Å²) in [5.41, 5.74) is 4.12. The third kappa shape index (κ3) is 6.40. The summed E-state index contributed by atoms with van der Waals surface area (Å²) in [5.74, 6) is 1.83. The molecule has 0 aliphatic heterocycles. The van der Waals surface area contributed by atoms with Gasteiger partial charge in [-0.25, -0.2) is 0 Å². The smallest absolute Gasteiger partial charge is 0.258 e. The first-order valence-electron chi connectivity index (χ1n) is 11.8. The normalized spacial score (nSPS) is 10.9. The molecule has 4 aromatic rings. The van der Waals surface area contributed by atoms with E-state index in [4.69, 9.17) is 25.8 Å². The van der Waals surface area contributed by atoms with E-state index in [9.17, 15) is 4.79 Å². The Morgan fingerprint density at radius 3 is 2.59 bits per heavy atom. The topological polar surface area (TPSA) is 94.6 Å². The number of nitrogens with one attached hydrogen (secondary N) is 2. The molecule has 0 unspecified atom stereocenters. The molecule has 1 heterocycles. The average Bonchev–Trinajstić information content (AvgIpc) is 2.90. The number of hydrogen-bond donors (Lipinski definition) is 2. The van der Waals surface area contributed by atoms with Gasteiger partial charge in [-0.1, -0.05) is 17.7 Å². The number of halogens is 1. The largest absolute Gasteiger partial charge is 0.497 e. The van der Waals surface area contributed by atoms with Gasteiger partial charge in [-0.3, -0.25) is 4.79 Å². The molecular formula is C28H29ClN4O4. The molecule has 4 rings (SSSR count). The van der Waals surface area contributed by atoms with Crippen LogP contribution in [-0.2, 0) is 11.3 Å². The highest BCUT2D eigenvalue weighted by molar-refractivity contribution is 6.31. The highest BCUT2D eigenvalue weighted by atomic mass is 35.5. The van der Waals surface area contributed by atoms with Crippen LogP contribution in [0.1, 0.15) is 19.4 Å². The molecule has 1 amide bonds. The molecule has 0 saturated carbocycles. The minimum absolute atomic E-state index is 0.0356. The Bertz CT molecular complexity index is 1410. The number of amides is 1. The molecule has 192 valence electrons. The SMILES string of the molecule is COc1ccc(CNc2cnnc3cc(-c4cc(Cl)ccc4OCC(=O)NC(C)C)ccc23)c(OC)c1. The molecule has 37 heavy (non-hydrogen) atoms. The zero-order valence-corrected chi connectivity index (χ0v) is 21.9. The molecule has 0 aliphatic rings. The lowest BCUT2D eigenvalue weighted by molar-refractivity contribution is -0.123. The number of rotatable bonds is 10. The van der Waals surface area contributed by atoms with E-state index in [1.54, 1.807) is 32.5 Å². The van der Waals surface area contributed by atoms with Gasteiger partial charge in [0.1, 0.15) is 17.2 Å². The molecular weight excluding hydrogens is 492 g/mol. The lowest BCUT2D eigenvalue weighted by Gasteiger charge is -2.15. The van der Waals surface area contributed by atoms with Crippen molar-refractivity contribution in [3.8, 4) is 28.4 Å². The van der Waals surface area contributed by atoms with E-state index in [0.717, 1.165) is 39.3 Å². The molecule has 1 aromatic heterocycles. The van der Waals surface area contributed by atoms with Gasteiger partial charge in [-0.05, 0) is 61.9 Å². The van der Waals surface area contributed by atoms with Gasteiger partial charge in [0.05, 0.1) is 31.6 Å². The molecule has 0 saturated heterocycles. The summed E-state index contributed by atoms with van der Waals surface area (Å²) in [6.07, 6.45) is 1.69. The number of benzene rings is 3. The predicted molar refractivity (Wildman–Crippen MR) is 146 cm³/mol. The third-order valence-corrected chi connectivity index (χ3v) is 5.90. The fourth-order valence-electron chi connectivity index (χ4n) is 3.92. The Hall–Kier alpha value is -4.04. The maximum absolute atomic E-state index is 12.1. The summed E-state index contributed by atoms with van der Waals surface area (Å²) >= 11 is 6.29. The van der Waals surface area contributed by atoms with E-state index < -0.39 is 0 Å². The number of nitrogens with zero attached hydrogens (tertiary/aromatic N) is 2. The zero-order valence-electron chi connectivity index (χ0n) is 21.2. The second-order valence-electron chi connectivity index (χ2n) is 8.67. The van der Waals surface area contributed by atoms with Crippen LogP contribution in [0.5, 0.6) is 17.2 Å². The summed E-state index contributed by atoms with van der Waals surface area (Å²) < 4.78 is 16.6. The Labute approximate surface area is 220 Å². The number of ether oxygens (including phenoxy) is 3. The van der Waals surface area contributed by atoms with Crippen LogP contribution in [-0.4, -0.2) is 43.0 Å². The van der Waals surface area contributed by atoms with Gasteiger partial charge in [0.2, 0.25) is 0 Å². The van der Waals surface area contributed by atoms with Crippen molar-refractivity contribution in [2.75, 3.05) is 26.1 Å². The first kappa shape index (κ1) is 26.0. The second-order valence-corrected chi connectivity index (χ2v) is 9.11.